The van der Waals surface area contributed by atoms with E-state index in [-0.39, 0.29) is 5.76 Å². The van der Waals surface area contributed by atoms with Crippen molar-refractivity contribution in [3.63, 3.8) is 0 Å². The van der Waals surface area contributed by atoms with Gasteiger partial charge in [0.15, 0.2) is 0 Å². The number of hydrogen-bond acceptors (Lipinski definition) is 5. The van der Waals surface area contributed by atoms with Crippen LogP contribution in [0.3, 0.4) is 0 Å². The van der Waals surface area contributed by atoms with Crippen LogP contribution >= 0.6 is 0 Å². The smallest absolute Gasteiger partial charge is 0.287 e. The molecule has 0 unspecified atom stereocenters. The minimum Gasteiger partial charge on any atom is -0.497 e. The summed E-state index contributed by atoms with van der Waals surface area (Å²) in [7, 11) is 3.10. The zero-order valence-electron chi connectivity index (χ0n) is 9.97. The molecule has 1 amide bonds. The van der Waals surface area contributed by atoms with Crippen molar-refractivity contribution >= 4 is 5.91 Å². The molecule has 94 valence electrons. The molecule has 1 heterocycles. The van der Waals surface area contributed by atoms with Crippen LogP contribution in [0.5, 0.6) is 11.5 Å². The Hall–Kier alpha value is -2.50. The van der Waals surface area contributed by atoms with Crippen LogP contribution in [0.1, 0.15) is 10.6 Å². The van der Waals surface area contributed by atoms with E-state index in [9.17, 15) is 4.79 Å². The van der Waals surface area contributed by atoms with Crippen molar-refractivity contribution in [2.75, 3.05) is 14.2 Å². The molecular weight excluding hydrogens is 236 g/mol. The van der Waals surface area contributed by atoms with E-state index in [4.69, 9.17) is 19.7 Å². The van der Waals surface area contributed by atoms with Crippen molar-refractivity contribution in [3.05, 3.63) is 30.0 Å². The molecule has 6 heteroatoms. The molecule has 2 aromatic rings. The quantitative estimate of drug-likeness (QED) is 0.884. The van der Waals surface area contributed by atoms with E-state index in [1.54, 1.807) is 32.4 Å². The van der Waals surface area contributed by atoms with Gasteiger partial charge in [-0.25, -0.2) is 0 Å². The first kappa shape index (κ1) is 12.0. The Morgan fingerprint density at radius 3 is 2.61 bits per heavy atom. The number of methoxy groups -OCH3 is 2. The maximum Gasteiger partial charge on any atom is 0.287 e. The van der Waals surface area contributed by atoms with Gasteiger partial charge in [-0.2, -0.15) is 0 Å². The van der Waals surface area contributed by atoms with Gasteiger partial charge in [-0.05, 0) is 18.2 Å². The summed E-state index contributed by atoms with van der Waals surface area (Å²) in [6.45, 7) is 0. The molecular formula is C12H12N2O4. The van der Waals surface area contributed by atoms with Crippen LogP contribution in [0.2, 0.25) is 0 Å². The summed E-state index contributed by atoms with van der Waals surface area (Å²) in [5.74, 6) is 0.569. The largest absolute Gasteiger partial charge is 0.497 e. The second-order valence-electron chi connectivity index (χ2n) is 3.51. The topological polar surface area (TPSA) is 87.6 Å². The highest BCUT2D eigenvalue weighted by molar-refractivity contribution is 5.91. The molecule has 2 N–H and O–H groups in total. The highest BCUT2D eigenvalue weighted by atomic mass is 16.5. The Labute approximate surface area is 103 Å². The Morgan fingerprint density at radius 1 is 1.28 bits per heavy atom. The van der Waals surface area contributed by atoms with E-state index < -0.39 is 5.91 Å². The molecule has 0 radical (unpaired) electrons. The van der Waals surface area contributed by atoms with Crippen molar-refractivity contribution < 1.29 is 18.8 Å². The molecule has 0 aliphatic heterocycles. The first-order valence-corrected chi connectivity index (χ1v) is 5.14. The van der Waals surface area contributed by atoms with E-state index in [1.807, 2.05) is 0 Å². The number of nitrogens with zero attached hydrogens (tertiary/aromatic N) is 1. The molecule has 0 fully saturated rings. The van der Waals surface area contributed by atoms with Gasteiger partial charge in [0.2, 0.25) is 5.76 Å². The lowest BCUT2D eigenvalue weighted by Gasteiger charge is -2.07. The Balaban J connectivity index is 2.50. The Bertz CT molecular complexity index is 577. The monoisotopic (exact) mass is 248 g/mol. The van der Waals surface area contributed by atoms with E-state index in [1.165, 1.54) is 6.07 Å². The number of ether oxygens (including phenoxy) is 2. The third-order valence-corrected chi connectivity index (χ3v) is 2.44. The molecule has 0 bridgehead atoms. The molecule has 1 aromatic heterocycles. The summed E-state index contributed by atoms with van der Waals surface area (Å²) in [6.07, 6.45) is 0. The van der Waals surface area contributed by atoms with Gasteiger partial charge < -0.3 is 19.7 Å². The fourth-order valence-corrected chi connectivity index (χ4v) is 1.53. The van der Waals surface area contributed by atoms with Crippen LogP contribution in [0.4, 0.5) is 0 Å². The lowest BCUT2D eigenvalue weighted by Crippen LogP contribution is -2.09. The fraction of sp³-hybridized carbons (Fsp3) is 0.167. The number of hydrogen-bond donors (Lipinski definition) is 1. The maximum atomic E-state index is 11.0. The molecule has 0 aliphatic carbocycles. The third-order valence-electron chi connectivity index (χ3n) is 2.44. The molecule has 2 rings (SSSR count). The summed E-state index contributed by atoms with van der Waals surface area (Å²) in [4.78, 5) is 11.0. The van der Waals surface area contributed by atoms with E-state index in [0.29, 0.717) is 22.8 Å². The number of aromatic nitrogens is 1. The number of primary amides is 1. The SMILES string of the molecule is COc1ccc(OC)c(-c2cc(C(N)=O)on2)c1. The van der Waals surface area contributed by atoms with Gasteiger partial charge in [0, 0.05) is 11.6 Å². The van der Waals surface area contributed by atoms with Gasteiger partial charge in [-0.3, -0.25) is 4.79 Å². The predicted octanol–water partition coefficient (Wildman–Crippen LogP) is 1.46. The number of amides is 1. The summed E-state index contributed by atoms with van der Waals surface area (Å²) in [5.41, 5.74) is 6.22. The highest BCUT2D eigenvalue weighted by Crippen LogP contribution is 2.32. The van der Waals surface area contributed by atoms with Crippen LogP contribution < -0.4 is 15.2 Å². The number of carbonyl (C=O) groups excluding carboxylic acids is 1. The van der Waals surface area contributed by atoms with E-state index in [0.717, 1.165) is 0 Å². The molecule has 0 saturated heterocycles. The second-order valence-corrected chi connectivity index (χ2v) is 3.51. The van der Waals surface area contributed by atoms with Gasteiger partial charge >= 0.3 is 0 Å². The van der Waals surface area contributed by atoms with Crippen LogP contribution in [0.25, 0.3) is 11.3 Å². The molecule has 0 aliphatic rings. The maximum absolute atomic E-state index is 11.0. The average molecular weight is 248 g/mol. The van der Waals surface area contributed by atoms with E-state index >= 15 is 0 Å². The molecule has 18 heavy (non-hydrogen) atoms. The first-order valence-electron chi connectivity index (χ1n) is 5.14. The summed E-state index contributed by atoms with van der Waals surface area (Å²) in [5, 5.41) is 3.78. The number of nitrogens with two attached hydrogens (primary N) is 1. The number of benzene rings is 1. The van der Waals surface area contributed by atoms with Crippen molar-refractivity contribution in [2.45, 2.75) is 0 Å². The minimum atomic E-state index is -0.671. The molecule has 1 aromatic carbocycles. The number of rotatable bonds is 4. The molecule has 6 nitrogen and oxygen atoms in total. The summed E-state index contributed by atoms with van der Waals surface area (Å²) < 4.78 is 15.2. The number of carbonyl (C=O) groups is 1. The second kappa shape index (κ2) is 4.79. The van der Waals surface area contributed by atoms with Gasteiger partial charge in [-0.15, -0.1) is 0 Å². The Kier molecular flexibility index (Phi) is 3.18. The first-order chi connectivity index (χ1) is 8.65. The average Bonchev–Trinajstić information content (AvgIpc) is 2.87. The summed E-state index contributed by atoms with van der Waals surface area (Å²) in [6, 6.07) is 6.70. The van der Waals surface area contributed by atoms with Gasteiger partial charge in [0.05, 0.1) is 14.2 Å². The van der Waals surface area contributed by atoms with Crippen LogP contribution in [-0.2, 0) is 0 Å². The molecule has 0 atom stereocenters. The molecule has 0 spiro atoms. The van der Waals surface area contributed by atoms with Crippen LogP contribution in [0, 0.1) is 0 Å². The van der Waals surface area contributed by atoms with Gasteiger partial charge in [0.1, 0.15) is 17.2 Å². The standard InChI is InChI=1S/C12H12N2O4/c1-16-7-3-4-10(17-2)8(5-7)9-6-11(12(13)15)18-14-9/h3-6H,1-2H3,(H2,13,15). The van der Waals surface area contributed by atoms with Crippen molar-refractivity contribution in [2.24, 2.45) is 5.73 Å². The molecule has 0 saturated carbocycles. The zero-order chi connectivity index (χ0) is 13.1. The van der Waals surface area contributed by atoms with Crippen LogP contribution in [-0.4, -0.2) is 25.3 Å². The lowest BCUT2D eigenvalue weighted by molar-refractivity contribution is 0.0965. The van der Waals surface area contributed by atoms with Crippen molar-refractivity contribution in [3.8, 4) is 22.8 Å². The van der Waals surface area contributed by atoms with E-state index in [2.05, 4.69) is 5.16 Å². The normalized spacial score (nSPS) is 10.1. The highest BCUT2D eigenvalue weighted by Gasteiger charge is 2.15. The van der Waals surface area contributed by atoms with Crippen molar-refractivity contribution in [1.29, 1.82) is 0 Å². The fourth-order valence-electron chi connectivity index (χ4n) is 1.53. The zero-order valence-corrected chi connectivity index (χ0v) is 9.97. The predicted molar refractivity (Wildman–Crippen MR) is 63.6 cm³/mol. The summed E-state index contributed by atoms with van der Waals surface area (Å²) >= 11 is 0. The van der Waals surface area contributed by atoms with Gasteiger partial charge in [0.25, 0.3) is 5.91 Å². The third kappa shape index (κ3) is 2.13. The lowest BCUT2D eigenvalue weighted by atomic mass is 10.1. The van der Waals surface area contributed by atoms with Gasteiger partial charge in [-0.1, -0.05) is 5.16 Å². The van der Waals surface area contributed by atoms with Crippen molar-refractivity contribution in [1.82, 2.24) is 5.16 Å². The minimum absolute atomic E-state index is 0.00475. The Morgan fingerprint density at radius 2 is 2.06 bits per heavy atom. The van der Waals surface area contributed by atoms with Crippen LogP contribution in [0.15, 0.2) is 28.8 Å².